The second-order valence-corrected chi connectivity index (χ2v) is 8.49. The molecule has 1 amide bonds. The predicted octanol–water partition coefficient (Wildman–Crippen LogP) is 5.71. The number of hydrogen-bond acceptors (Lipinski definition) is 3. The van der Waals surface area contributed by atoms with Gasteiger partial charge >= 0.3 is 57.0 Å². The Morgan fingerprint density at radius 3 is 1.22 bits per heavy atom. The van der Waals surface area contributed by atoms with Gasteiger partial charge in [0.05, 0.1) is 0 Å². The predicted molar refractivity (Wildman–Crippen MR) is 83.5 cm³/mol. The zero-order valence-corrected chi connectivity index (χ0v) is 17.3. The molecule has 0 fully saturated rings. The van der Waals surface area contributed by atoms with E-state index in [1.807, 2.05) is 0 Å². The van der Waals surface area contributed by atoms with E-state index >= 15 is 0 Å². The quantitative estimate of drug-likeness (QED) is 0.368. The second kappa shape index (κ2) is 8.75. The molecule has 0 saturated carbocycles. The van der Waals surface area contributed by atoms with Gasteiger partial charge in [-0.2, -0.15) is 83.1 Å². The summed E-state index contributed by atoms with van der Waals surface area (Å²) in [5.41, 5.74) is -0.997. The van der Waals surface area contributed by atoms with Crippen LogP contribution in [0.1, 0.15) is 10.4 Å². The van der Waals surface area contributed by atoms with Crippen molar-refractivity contribution in [1.29, 1.82) is 0 Å². The third-order valence-electron chi connectivity index (χ3n) is 4.29. The number of halogens is 17. The zero-order chi connectivity index (χ0) is 29.9. The molecule has 0 aromatic heterocycles. The van der Waals surface area contributed by atoms with E-state index in [0.29, 0.717) is 12.1 Å². The Balaban J connectivity index is 3.65. The summed E-state index contributed by atoms with van der Waals surface area (Å²) >= 11 is 0. The Labute approximate surface area is 192 Å². The lowest BCUT2D eigenvalue weighted by Crippen LogP contribution is -2.75. The SMILES string of the molecule is O=C(NS(=O)(=O)C(F)(F)C(F)(F)C(F)(F)C(F)(F)C(F)(F)C(F)(F)C(F)(F)C(F)(F)F)c1ccccc1. The molecule has 214 valence electrons. The molecule has 0 radical (unpaired) electrons. The van der Waals surface area contributed by atoms with Crippen LogP contribution >= 0.6 is 0 Å². The molecule has 22 heteroatoms. The monoisotopic (exact) mass is 603 g/mol. The lowest BCUT2D eigenvalue weighted by molar-refractivity contribution is -0.458. The molecule has 0 aliphatic rings. The Morgan fingerprint density at radius 2 is 0.865 bits per heavy atom. The highest BCUT2D eigenvalue weighted by molar-refractivity contribution is 7.91. The molecule has 1 aromatic rings. The molecule has 0 spiro atoms. The third kappa shape index (κ3) is 4.43. The van der Waals surface area contributed by atoms with Gasteiger partial charge in [0.2, 0.25) is 0 Å². The fraction of sp³-hybridized carbons (Fsp3) is 0.533. The van der Waals surface area contributed by atoms with E-state index in [1.165, 1.54) is 0 Å². The highest BCUT2D eigenvalue weighted by Crippen LogP contribution is 2.64. The van der Waals surface area contributed by atoms with Crippen LogP contribution in [0.3, 0.4) is 0 Å². The number of rotatable bonds is 9. The number of hydrogen-bond donors (Lipinski definition) is 1. The minimum absolute atomic E-state index is 0.0237. The second-order valence-electron chi connectivity index (χ2n) is 6.76. The molecule has 1 aromatic carbocycles. The molecular formula is C15H6F17NO3S. The number of benzene rings is 1. The van der Waals surface area contributed by atoms with Gasteiger partial charge in [0.1, 0.15) is 0 Å². The fourth-order valence-electron chi connectivity index (χ4n) is 2.15. The van der Waals surface area contributed by atoms with Crippen molar-refractivity contribution < 1.29 is 87.8 Å². The number of sulfonamides is 1. The average Bonchev–Trinajstić information content (AvgIpc) is 2.72. The van der Waals surface area contributed by atoms with Crippen molar-refractivity contribution in [2.24, 2.45) is 0 Å². The molecule has 0 heterocycles. The number of amides is 1. The van der Waals surface area contributed by atoms with Crippen molar-refractivity contribution in [2.45, 2.75) is 47.0 Å². The van der Waals surface area contributed by atoms with Gasteiger partial charge < -0.3 is 0 Å². The van der Waals surface area contributed by atoms with Crippen LogP contribution in [0.15, 0.2) is 30.3 Å². The maximum Gasteiger partial charge on any atom is 0.460 e. The maximum absolute atomic E-state index is 13.9. The number of nitrogens with one attached hydrogen (secondary N) is 1. The van der Waals surface area contributed by atoms with Gasteiger partial charge in [0.15, 0.2) is 0 Å². The summed E-state index contributed by atoms with van der Waals surface area (Å²) in [6.07, 6.45) is -7.91. The molecule has 37 heavy (non-hydrogen) atoms. The van der Waals surface area contributed by atoms with E-state index < -0.39 is 68.5 Å². The average molecular weight is 603 g/mol. The maximum atomic E-state index is 13.9. The van der Waals surface area contributed by atoms with Gasteiger partial charge in [-0.25, -0.2) is 4.72 Å². The van der Waals surface area contributed by atoms with Gasteiger partial charge in [-0.05, 0) is 12.1 Å². The third-order valence-corrected chi connectivity index (χ3v) is 5.68. The Kier molecular flexibility index (Phi) is 7.68. The Bertz CT molecular complexity index is 1110. The van der Waals surface area contributed by atoms with Crippen molar-refractivity contribution in [1.82, 2.24) is 4.72 Å². The van der Waals surface area contributed by atoms with Crippen LogP contribution < -0.4 is 4.72 Å². The lowest BCUT2D eigenvalue weighted by Gasteiger charge is -2.42. The fourth-order valence-corrected chi connectivity index (χ4v) is 3.11. The van der Waals surface area contributed by atoms with E-state index in [4.69, 9.17) is 0 Å². The van der Waals surface area contributed by atoms with Crippen molar-refractivity contribution in [3.05, 3.63) is 35.9 Å². The zero-order valence-electron chi connectivity index (χ0n) is 16.4. The van der Waals surface area contributed by atoms with Gasteiger partial charge in [-0.15, -0.1) is 0 Å². The van der Waals surface area contributed by atoms with Crippen molar-refractivity contribution in [3.63, 3.8) is 0 Å². The number of carbonyl (C=O) groups excluding carboxylic acids is 1. The Hall–Kier alpha value is -2.55. The van der Waals surface area contributed by atoms with Crippen molar-refractivity contribution >= 4 is 15.9 Å². The van der Waals surface area contributed by atoms with E-state index in [1.54, 1.807) is 0 Å². The normalized spacial score (nSPS) is 15.5. The summed E-state index contributed by atoms with van der Waals surface area (Å²) in [4.78, 5) is 11.6. The van der Waals surface area contributed by atoms with E-state index in [2.05, 4.69) is 0 Å². The standard InChI is InChI=1S/C15H6F17NO3S/c16-8(17,10(20,21)12(24,25)14(28,29)30)9(18,19)11(22,23)13(26,27)15(31,32)37(35,36)33-7(34)6-4-2-1-3-5-6/h1-5H,(H,33,34). The molecule has 0 unspecified atom stereocenters. The molecule has 4 nitrogen and oxygen atoms in total. The minimum Gasteiger partial charge on any atom is -0.268 e. The number of carbonyl (C=O) groups is 1. The Morgan fingerprint density at radius 1 is 0.541 bits per heavy atom. The molecule has 1 N–H and O–H groups in total. The molecular weight excluding hydrogens is 597 g/mol. The van der Waals surface area contributed by atoms with Gasteiger partial charge in [0.25, 0.3) is 5.91 Å². The van der Waals surface area contributed by atoms with Crippen LogP contribution in [0.25, 0.3) is 0 Å². The smallest absolute Gasteiger partial charge is 0.268 e. The molecule has 0 aliphatic carbocycles. The van der Waals surface area contributed by atoms with Gasteiger partial charge in [-0.3, -0.25) is 4.79 Å². The van der Waals surface area contributed by atoms with Crippen LogP contribution in [-0.2, 0) is 10.0 Å². The first kappa shape index (κ1) is 32.5. The van der Waals surface area contributed by atoms with Crippen LogP contribution in [0.4, 0.5) is 74.6 Å². The lowest BCUT2D eigenvalue weighted by atomic mass is 9.91. The number of alkyl halides is 17. The molecule has 0 bridgehead atoms. The molecule has 0 atom stereocenters. The van der Waals surface area contributed by atoms with Gasteiger partial charge in [-0.1, -0.05) is 18.2 Å². The highest BCUT2D eigenvalue weighted by atomic mass is 32.2. The van der Waals surface area contributed by atoms with Gasteiger partial charge in [0, 0.05) is 5.56 Å². The molecule has 1 rings (SSSR count). The van der Waals surface area contributed by atoms with Crippen LogP contribution in [0.5, 0.6) is 0 Å². The largest absolute Gasteiger partial charge is 0.460 e. The van der Waals surface area contributed by atoms with Crippen molar-refractivity contribution in [3.8, 4) is 0 Å². The summed E-state index contributed by atoms with van der Waals surface area (Å²) in [7, 11) is -7.70. The highest BCUT2D eigenvalue weighted by Gasteiger charge is 2.96. The van der Waals surface area contributed by atoms with Crippen molar-refractivity contribution in [2.75, 3.05) is 0 Å². The first-order chi connectivity index (χ1) is 16.0. The van der Waals surface area contributed by atoms with Crippen LogP contribution in [0, 0.1) is 0 Å². The summed E-state index contributed by atoms with van der Waals surface area (Å²) in [6, 6.07) is 4.00. The first-order valence-corrected chi connectivity index (χ1v) is 9.80. The molecule has 0 saturated heterocycles. The molecule has 0 aliphatic heterocycles. The first-order valence-electron chi connectivity index (χ1n) is 8.32. The van der Waals surface area contributed by atoms with E-state index in [0.717, 1.165) is 18.2 Å². The summed E-state index contributed by atoms with van der Waals surface area (Å²) in [6.45, 7) is 0. The van der Waals surface area contributed by atoms with Crippen LogP contribution in [-0.4, -0.2) is 61.3 Å². The van der Waals surface area contributed by atoms with E-state index in [-0.39, 0.29) is 4.72 Å². The van der Waals surface area contributed by atoms with E-state index in [9.17, 15) is 87.8 Å². The van der Waals surface area contributed by atoms with Crippen LogP contribution in [0.2, 0.25) is 0 Å². The topological polar surface area (TPSA) is 63.2 Å². The summed E-state index contributed by atoms with van der Waals surface area (Å²) in [5, 5.41) is -7.81. The summed E-state index contributed by atoms with van der Waals surface area (Å²) < 4.78 is 247. The minimum atomic E-state index is -8.94. The summed E-state index contributed by atoms with van der Waals surface area (Å²) in [5.74, 6) is -54.5.